The van der Waals surface area contributed by atoms with Gasteiger partial charge in [-0.25, -0.2) is 4.57 Å². The summed E-state index contributed by atoms with van der Waals surface area (Å²) in [4.78, 5) is 16.1. The molecule has 80 valence electrons. The Balaban J connectivity index is 0.000000249. The van der Waals surface area contributed by atoms with Crippen molar-refractivity contribution in [3.63, 3.8) is 0 Å². The first-order valence-corrected chi connectivity index (χ1v) is 5.79. The average Bonchev–Trinajstić information content (AvgIpc) is 2.17. The average molecular weight is 218 g/mol. The quantitative estimate of drug-likeness (QED) is 0.763. The van der Waals surface area contributed by atoms with Gasteiger partial charge >= 0.3 is 7.82 Å². The van der Waals surface area contributed by atoms with E-state index in [4.69, 9.17) is 9.79 Å². The van der Waals surface area contributed by atoms with Crippen molar-refractivity contribution in [3.05, 3.63) is 36.4 Å². The van der Waals surface area contributed by atoms with Crippen LogP contribution in [0.25, 0.3) is 0 Å². The Morgan fingerprint density at radius 1 is 1.07 bits per heavy atom. The minimum Gasteiger partial charge on any atom is -0.303 e. The molecule has 0 heterocycles. The lowest BCUT2D eigenvalue weighted by Gasteiger charge is -2.00. The fraction of sp³-hybridized carbons (Fsp3) is 0.333. The molecule has 1 aromatic rings. The molecule has 0 spiro atoms. The van der Waals surface area contributed by atoms with E-state index in [0.29, 0.717) is 6.42 Å². The molecule has 0 saturated carbocycles. The van der Waals surface area contributed by atoms with E-state index in [2.05, 4.69) is 4.52 Å². The summed E-state index contributed by atoms with van der Waals surface area (Å²) in [7, 11) is -4.18. The number of hydrogen-bond acceptors (Lipinski definition) is 2. The SMILES string of the molecule is CCCOP(=O)(O)O.c1ccccc1. The van der Waals surface area contributed by atoms with E-state index in [1.165, 1.54) is 0 Å². The molecule has 0 radical (unpaired) electrons. The number of hydrogen-bond donors (Lipinski definition) is 2. The highest BCUT2D eigenvalue weighted by Crippen LogP contribution is 2.35. The smallest absolute Gasteiger partial charge is 0.303 e. The molecule has 14 heavy (non-hydrogen) atoms. The van der Waals surface area contributed by atoms with E-state index in [1.807, 2.05) is 36.4 Å². The van der Waals surface area contributed by atoms with Crippen LogP contribution >= 0.6 is 7.82 Å². The molecule has 2 N–H and O–H groups in total. The topological polar surface area (TPSA) is 66.8 Å². The van der Waals surface area contributed by atoms with Crippen LogP contribution in [0, 0.1) is 0 Å². The summed E-state index contributed by atoms with van der Waals surface area (Å²) in [6.07, 6.45) is 0.616. The van der Waals surface area contributed by atoms with Crippen LogP contribution in [-0.2, 0) is 9.09 Å². The second-order valence-electron chi connectivity index (χ2n) is 2.48. The van der Waals surface area contributed by atoms with Crippen molar-refractivity contribution in [1.82, 2.24) is 0 Å². The van der Waals surface area contributed by atoms with Crippen LogP contribution in [0.5, 0.6) is 0 Å². The summed E-state index contributed by atoms with van der Waals surface area (Å²) in [5, 5.41) is 0. The van der Waals surface area contributed by atoms with Crippen LogP contribution in [0.1, 0.15) is 13.3 Å². The van der Waals surface area contributed by atoms with Gasteiger partial charge in [0.1, 0.15) is 0 Å². The summed E-state index contributed by atoms with van der Waals surface area (Å²) < 4.78 is 13.9. The van der Waals surface area contributed by atoms with Gasteiger partial charge in [-0.1, -0.05) is 43.3 Å². The van der Waals surface area contributed by atoms with E-state index < -0.39 is 7.82 Å². The van der Waals surface area contributed by atoms with Gasteiger partial charge in [0.25, 0.3) is 0 Å². The molecule has 0 aliphatic carbocycles. The van der Waals surface area contributed by atoms with E-state index in [1.54, 1.807) is 6.92 Å². The van der Waals surface area contributed by atoms with Crippen LogP contribution in [-0.4, -0.2) is 16.4 Å². The lowest BCUT2D eigenvalue weighted by Crippen LogP contribution is -1.88. The number of benzene rings is 1. The van der Waals surface area contributed by atoms with Crippen molar-refractivity contribution < 1.29 is 18.9 Å². The van der Waals surface area contributed by atoms with Gasteiger partial charge in [-0.3, -0.25) is 4.52 Å². The van der Waals surface area contributed by atoms with Crippen LogP contribution in [0.15, 0.2) is 36.4 Å². The van der Waals surface area contributed by atoms with Gasteiger partial charge in [0.05, 0.1) is 6.61 Å². The van der Waals surface area contributed by atoms with E-state index in [-0.39, 0.29) is 6.61 Å². The maximum Gasteiger partial charge on any atom is 0.469 e. The molecule has 5 heteroatoms. The van der Waals surface area contributed by atoms with Gasteiger partial charge in [-0.15, -0.1) is 0 Å². The Hall–Kier alpha value is -0.670. The lowest BCUT2D eigenvalue weighted by molar-refractivity contribution is 0.197. The van der Waals surface area contributed by atoms with E-state index in [0.717, 1.165) is 0 Å². The first-order chi connectivity index (χ1) is 6.56. The fourth-order valence-electron chi connectivity index (χ4n) is 0.595. The molecule has 0 aromatic heterocycles. The first-order valence-electron chi connectivity index (χ1n) is 4.26. The highest BCUT2D eigenvalue weighted by molar-refractivity contribution is 7.46. The number of phosphoric acid groups is 1. The highest BCUT2D eigenvalue weighted by Gasteiger charge is 2.11. The first kappa shape index (κ1) is 13.3. The number of rotatable bonds is 3. The van der Waals surface area contributed by atoms with Crippen molar-refractivity contribution >= 4 is 7.82 Å². The molecule has 4 nitrogen and oxygen atoms in total. The van der Waals surface area contributed by atoms with E-state index >= 15 is 0 Å². The van der Waals surface area contributed by atoms with Gasteiger partial charge in [0, 0.05) is 0 Å². The summed E-state index contributed by atoms with van der Waals surface area (Å²) >= 11 is 0. The Morgan fingerprint density at radius 3 is 1.57 bits per heavy atom. The number of phosphoric ester groups is 1. The summed E-state index contributed by atoms with van der Waals surface area (Å²) in [6, 6.07) is 12.0. The van der Waals surface area contributed by atoms with Crippen LogP contribution in [0.4, 0.5) is 0 Å². The monoisotopic (exact) mass is 218 g/mol. The van der Waals surface area contributed by atoms with Crippen LogP contribution in [0.2, 0.25) is 0 Å². The fourth-order valence-corrected chi connectivity index (χ4v) is 1.02. The maximum absolute atomic E-state index is 9.86. The van der Waals surface area contributed by atoms with Crippen molar-refractivity contribution in [2.24, 2.45) is 0 Å². The highest BCUT2D eigenvalue weighted by atomic mass is 31.2. The summed E-state index contributed by atoms with van der Waals surface area (Å²) in [5.74, 6) is 0. The third-order valence-corrected chi connectivity index (χ3v) is 1.65. The zero-order valence-electron chi connectivity index (χ0n) is 8.04. The zero-order chi connectivity index (χ0) is 10.9. The third kappa shape index (κ3) is 11.3. The molecule has 0 amide bonds. The second-order valence-corrected chi connectivity index (χ2v) is 3.72. The van der Waals surface area contributed by atoms with Crippen LogP contribution in [0.3, 0.4) is 0 Å². The van der Waals surface area contributed by atoms with Gasteiger partial charge < -0.3 is 9.79 Å². The molecule has 1 aromatic carbocycles. The molecule has 1 rings (SSSR count). The molecule has 0 aliphatic heterocycles. The molecular weight excluding hydrogens is 203 g/mol. The Labute approximate surface area is 83.8 Å². The predicted octanol–water partition coefficient (Wildman–Crippen LogP) is 2.19. The maximum atomic E-state index is 9.86. The molecule has 0 unspecified atom stereocenters. The molecule has 0 atom stereocenters. The minimum atomic E-state index is -4.18. The standard InChI is InChI=1S/C6H6.C3H9O4P/c1-2-4-6-5-3-1;1-2-3-7-8(4,5)6/h1-6H;2-3H2,1H3,(H2,4,5,6). The van der Waals surface area contributed by atoms with Gasteiger partial charge in [0.15, 0.2) is 0 Å². The van der Waals surface area contributed by atoms with Crippen molar-refractivity contribution in [3.8, 4) is 0 Å². The van der Waals surface area contributed by atoms with E-state index in [9.17, 15) is 4.57 Å². The Bertz CT molecular complexity index is 230. The molecule has 0 saturated heterocycles. The zero-order valence-corrected chi connectivity index (χ0v) is 8.93. The van der Waals surface area contributed by atoms with Gasteiger partial charge in [-0.05, 0) is 6.42 Å². The van der Waals surface area contributed by atoms with Gasteiger partial charge in [0.2, 0.25) is 0 Å². The Morgan fingerprint density at radius 2 is 1.43 bits per heavy atom. The summed E-state index contributed by atoms with van der Waals surface area (Å²) in [5.41, 5.74) is 0. The molecule has 0 fully saturated rings. The molecular formula is C9H15O4P. The van der Waals surface area contributed by atoms with Crippen molar-refractivity contribution in [2.75, 3.05) is 6.61 Å². The molecule has 0 bridgehead atoms. The Kier molecular flexibility index (Phi) is 7.34. The lowest BCUT2D eigenvalue weighted by atomic mass is 10.4. The van der Waals surface area contributed by atoms with Crippen molar-refractivity contribution in [1.29, 1.82) is 0 Å². The molecule has 0 aliphatic rings. The minimum absolute atomic E-state index is 0.115. The van der Waals surface area contributed by atoms with Crippen LogP contribution < -0.4 is 0 Å². The predicted molar refractivity (Wildman–Crippen MR) is 54.7 cm³/mol. The second kappa shape index (κ2) is 7.71. The third-order valence-electron chi connectivity index (χ3n) is 1.13. The normalized spacial score (nSPS) is 10.2. The van der Waals surface area contributed by atoms with Crippen molar-refractivity contribution in [2.45, 2.75) is 13.3 Å². The largest absolute Gasteiger partial charge is 0.469 e. The van der Waals surface area contributed by atoms with Gasteiger partial charge in [-0.2, -0.15) is 0 Å². The summed E-state index contributed by atoms with van der Waals surface area (Å²) in [6.45, 7) is 1.89.